The molecule has 2 aromatic rings. The summed E-state index contributed by atoms with van der Waals surface area (Å²) >= 11 is 0. The predicted octanol–water partition coefficient (Wildman–Crippen LogP) is 1.75. The van der Waals surface area contributed by atoms with Gasteiger partial charge in [-0.25, -0.2) is 4.52 Å². The maximum absolute atomic E-state index is 12.6. The number of amides is 1. The van der Waals surface area contributed by atoms with E-state index in [1.54, 1.807) is 6.20 Å². The number of carbonyl (C=O) groups excluding carboxylic acids is 1. The van der Waals surface area contributed by atoms with Crippen LogP contribution >= 0.6 is 0 Å². The molecule has 1 fully saturated rings. The Hall–Kier alpha value is -2.12. The highest BCUT2D eigenvalue weighted by Crippen LogP contribution is 2.34. The van der Waals surface area contributed by atoms with Crippen LogP contribution < -0.4 is 0 Å². The molecule has 3 heterocycles. The van der Waals surface area contributed by atoms with Crippen molar-refractivity contribution in [3.05, 3.63) is 30.4 Å². The molecule has 0 aliphatic carbocycles. The lowest BCUT2D eigenvalue weighted by molar-refractivity contribution is -0.169. The molecule has 1 saturated heterocycles. The molecule has 8 heteroatoms. The van der Waals surface area contributed by atoms with Gasteiger partial charge < -0.3 is 4.90 Å². The first-order chi connectivity index (χ1) is 9.47. The molecule has 3 rings (SSSR count). The summed E-state index contributed by atoms with van der Waals surface area (Å²) in [6.07, 6.45) is 1.63. The smallest absolute Gasteiger partial charge is 0.338 e. The number of alkyl halides is 3. The van der Waals surface area contributed by atoms with Gasteiger partial charge in [-0.2, -0.15) is 18.3 Å². The molecular formula is C12H11F3N4O. The van der Waals surface area contributed by atoms with E-state index in [-0.39, 0.29) is 25.1 Å². The fourth-order valence-electron chi connectivity index (χ4n) is 2.38. The summed E-state index contributed by atoms with van der Waals surface area (Å²) in [5.74, 6) is -1.87. The van der Waals surface area contributed by atoms with Crippen molar-refractivity contribution in [1.82, 2.24) is 19.5 Å². The number of hydrogen-bond donors (Lipinski definition) is 0. The Bertz CT molecular complexity index is 651. The van der Waals surface area contributed by atoms with Crippen LogP contribution in [0.2, 0.25) is 0 Å². The van der Waals surface area contributed by atoms with Crippen LogP contribution in [0.5, 0.6) is 0 Å². The molecule has 0 spiro atoms. The minimum Gasteiger partial charge on any atom is -0.338 e. The van der Waals surface area contributed by atoms with E-state index in [0.29, 0.717) is 5.52 Å². The van der Waals surface area contributed by atoms with Gasteiger partial charge in [0.05, 0.1) is 29.4 Å². The Kier molecular flexibility index (Phi) is 2.88. The molecule has 2 aromatic heterocycles. The lowest BCUT2D eigenvalue weighted by atomic mass is 10.1. The first-order valence-corrected chi connectivity index (χ1v) is 6.10. The Labute approximate surface area is 112 Å². The van der Waals surface area contributed by atoms with Crippen molar-refractivity contribution in [2.75, 3.05) is 13.1 Å². The van der Waals surface area contributed by atoms with Crippen LogP contribution in [0, 0.1) is 5.92 Å². The summed E-state index contributed by atoms with van der Waals surface area (Å²) in [5, 5.41) is 3.99. The van der Waals surface area contributed by atoms with Gasteiger partial charge in [0.2, 0.25) is 0 Å². The average Bonchev–Trinajstić information content (AvgIpc) is 3.04. The highest BCUT2D eigenvalue weighted by Gasteiger charge is 2.44. The van der Waals surface area contributed by atoms with Crippen molar-refractivity contribution < 1.29 is 18.0 Å². The molecule has 1 aliphatic heterocycles. The number of likely N-dealkylation sites (tertiary alicyclic amines) is 1. The lowest BCUT2D eigenvalue weighted by Crippen LogP contribution is -2.31. The largest absolute Gasteiger partial charge is 0.393 e. The summed E-state index contributed by atoms with van der Waals surface area (Å²) in [5.41, 5.74) is 0.772. The van der Waals surface area contributed by atoms with E-state index in [4.69, 9.17) is 0 Å². The van der Waals surface area contributed by atoms with Gasteiger partial charge in [-0.1, -0.05) is 0 Å². The summed E-state index contributed by atoms with van der Waals surface area (Å²) in [4.78, 5) is 17.4. The Morgan fingerprint density at radius 1 is 1.35 bits per heavy atom. The van der Waals surface area contributed by atoms with Gasteiger partial charge in [-0.15, -0.1) is 0 Å². The van der Waals surface area contributed by atoms with Gasteiger partial charge in [0.15, 0.2) is 0 Å². The van der Waals surface area contributed by atoms with E-state index < -0.39 is 18.0 Å². The van der Waals surface area contributed by atoms with Crippen molar-refractivity contribution >= 4 is 11.4 Å². The number of aromatic nitrogens is 3. The number of hydrogen-bond acceptors (Lipinski definition) is 3. The van der Waals surface area contributed by atoms with Crippen molar-refractivity contribution in [2.45, 2.75) is 12.6 Å². The molecule has 1 unspecified atom stereocenters. The normalized spacial score (nSPS) is 19.8. The minimum atomic E-state index is -4.25. The highest BCUT2D eigenvalue weighted by atomic mass is 19.4. The van der Waals surface area contributed by atoms with Crippen LogP contribution in [-0.4, -0.2) is 44.7 Å². The first-order valence-electron chi connectivity index (χ1n) is 6.10. The van der Waals surface area contributed by atoms with Crippen molar-refractivity contribution in [2.24, 2.45) is 5.92 Å². The highest BCUT2D eigenvalue weighted by molar-refractivity contribution is 6.00. The lowest BCUT2D eigenvalue weighted by Gasteiger charge is -2.17. The molecular weight excluding hydrogens is 273 g/mol. The zero-order valence-electron chi connectivity index (χ0n) is 10.3. The van der Waals surface area contributed by atoms with E-state index in [1.165, 1.54) is 28.0 Å². The fraction of sp³-hybridized carbons (Fsp3) is 0.417. The standard InChI is InChI=1S/C12H11F3N4O/c13-12(14,15)8-1-3-18(7-8)11(20)9-5-17-19-4-2-16-6-10(9)19/h2,4-6,8H,1,3,7H2. The molecule has 0 N–H and O–H groups in total. The Balaban J connectivity index is 1.84. The number of nitrogens with zero attached hydrogens (tertiary/aromatic N) is 4. The third-order valence-corrected chi connectivity index (χ3v) is 3.49. The summed E-state index contributed by atoms with van der Waals surface area (Å²) in [7, 11) is 0. The van der Waals surface area contributed by atoms with Crippen molar-refractivity contribution in [3.8, 4) is 0 Å². The molecule has 1 atom stereocenters. The molecule has 106 valence electrons. The fourth-order valence-corrected chi connectivity index (χ4v) is 2.38. The summed E-state index contributed by atoms with van der Waals surface area (Å²) in [6.45, 7) is -0.180. The third kappa shape index (κ3) is 2.10. The SMILES string of the molecule is O=C(c1cnn2ccncc12)N1CCC(C(F)(F)F)C1. The van der Waals surface area contributed by atoms with Crippen LogP contribution in [0.1, 0.15) is 16.8 Å². The maximum atomic E-state index is 12.6. The molecule has 0 aromatic carbocycles. The summed E-state index contributed by atoms with van der Waals surface area (Å²) < 4.78 is 39.4. The number of halogens is 3. The monoisotopic (exact) mass is 284 g/mol. The summed E-state index contributed by atoms with van der Waals surface area (Å²) in [6, 6.07) is 0. The molecule has 1 aliphatic rings. The van der Waals surface area contributed by atoms with Crippen LogP contribution in [0.4, 0.5) is 13.2 Å². The van der Waals surface area contributed by atoms with Gasteiger partial charge in [0, 0.05) is 25.5 Å². The van der Waals surface area contributed by atoms with Crippen LogP contribution in [0.15, 0.2) is 24.8 Å². The van der Waals surface area contributed by atoms with Gasteiger partial charge in [-0.05, 0) is 6.42 Å². The number of carbonyl (C=O) groups is 1. The van der Waals surface area contributed by atoms with Gasteiger partial charge in [0.1, 0.15) is 0 Å². The van der Waals surface area contributed by atoms with E-state index in [9.17, 15) is 18.0 Å². The Morgan fingerprint density at radius 2 is 2.15 bits per heavy atom. The van der Waals surface area contributed by atoms with Gasteiger partial charge >= 0.3 is 6.18 Å². The van der Waals surface area contributed by atoms with Gasteiger partial charge in [-0.3, -0.25) is 9.78 Å². The van der Waals surface area contributed by atoms with Crippen LogP contribution in [-0.2, 0) is 0 Å². The molecule has 0 saturated carbocycles. The van der Waals surface area contributed by atoms with Crippen LogP contribution in [0.3, 0.4) is 0 Å². The van der Waals surface area contributed by atoms with E-state index in [0.717, 1.165) is 0 Å². The zero-order chi connectivity index (χ0) is 14.3. The number of fused-ring (bicyclic) bond motifs is 1. The zero-order valence-corrected chi connectivity index (χ0v) is 10.3. The quantitative estimate of drug-likeness (QED) is 0.801. The molecule has 0 radical (unpaired) electrons. The van der Waals surface area contributed by atoms with E-state index >= 15 is 0 Å². The Morgan fingerprint density at radius 3 is 2.85 bits per heavy atom. The molecule has 20 heavy (non-hydrogen) atoms. The van der Waals surface area contributed by atoms with E-state index in [1.807, 2.05) is 0 Å². The second kappa shape index (κ2) is 4.46. The maximum Gasteiger partial charge on any atom is 0.393 e. The van der Waals surface area contributed by atoms with E-state index in [2.05, 4.69) is 10.1 Å². The van der Waals surface area contributed by atoms with Gasteiger partial charge in [0.25, 0.3) is 5.91 Å². The minimum absolute atomic E-state index is 0.0489. The second-order valence-electron chi connectivity index (χ2n) is 4.74. The van der Waals surface area contributed by atoms with Crippen LogP contribution in [0.25, 0.3) is 5.52 Å². The number of rotatable bonds is 1. The second-order valence-corrected chi connectivity index (χ2v) is 4.74. The third-order valence-electron chi connectivity index (χ3n) is 3.49. The van der Waals surface area contributed by atoms with Crippen molar-refractivity contribution in [1.29, 1.82) is 0 Å². The molecule has 0 bridgehead atoms. The average molecular weight is 284 g/mol. The topological polar surface area (TPSA) is 50.5 Å². The first kappa shape index (κ1) is 12.9. The molecule has 5 nitrogen and oxygen atoms in total. The predicted molar refractivity (Wildman–Crippen MR) is 63.1 cm³/mol. The van der Waals surface area contributed by atoms with Crippen molar-refractivity contribution in [3.63, 3.8) is 0 Å². The molecule has 1 amide bonds.